The van der Waals surface area contributed by atoms with E-state index in [2.05, 4.69) is 0 Å². The first-order chi connectivity index (χ1) is 7.22. The number of hydrogen-bond donors (Lipinski definition) is 0. The van der Waals surface area contributed by atoms with E-state index in [0.717, 1.165) is 0 Å². The Kier molecular flexibility index (Phi) is 3.98. The molecule has 94 valence electrons. The minimum absolute atomic E-state index is 0.0879. The molecule has 1 aliphatic heterocycles. The van der Waals surface area contributed by atoms with E-state index >= 15 is 0 Å². The largest absolute Gasteiger partial charge is 0.389 e. The highest BCUT2D eigenvalue weighted by molar-refractivity contribution is 7.92. The molecule has 0 saturated carbocycles. The number of hydrogen-bond acceptors (Lipinski definition) is 3. The first-order valence-corrected chi connectivity index (χ1v) is 6.75. The summed E-state index contributed by atoms with van der Waals surface area (Å²) >= 11 is 0. The topological polar surface area (TPSA) is 51.2 Å². The van der Waals surface area contributed by atoms with Crippen LogP contribution >= 0.6 is 0 Å². The van der Waals surface area contributed by atoms with Gasteiger partial charge in [0.15, 0.2) is 15.6 Å². The Morgan fingerprint density at radius 2 is 1.88 bits per heavy atom. The number of rotatable bonds is 3. The lowest BCUT2D eigenvalue weighted by Crippen LogP contribution is -2.35. The Morgan fingerprint density at radius 3 is 2.38 bits per heavy atom. The maximum atomic E-state index is 11.9. The summed E-state index contributed by atoms with van der Waals surface area (Å²) in [7, 11) is -3.51. The van der Waals surface area contributed by atoms with Crippen molar-refractivity contribution in [1.29, 1.82) is 0 Å². The predicted octanol–water partition coefficient (Wildman–Crippen LogP) is 1.87. The molecule has 0 radical (unpaired) electrons. The fraction of sp³-hybridized carbons (Fsp3) is 0.889. The lowest BCUT2D eigenvalue weighted by Gasteiger charge is -2.21. The summed E-state index contributed by atoms with van der Waals surface area (Å²) in [6.07, 6.45) is -5.13. The molecule has 0 aliphatic carbocycles. The number of carbonyl (C=O) groups is 1. The third-order valence-electron chi connectivity index (χ3n) is 2.59. The molecule has 0 bridgehead atoms. The van der Waals surface area contributed by atoms with Crippen LogP contribution in [0.3, 0.4) is 0 Å². The van der Waals surface area contributed by atoms with E-state index < -0.39 is 39.9 Å². The van der Waals surface area contributed by atoms with Crippen molar-refractivity contribution in [3.05, 3.63) is 0 Å². The van der Waals surface area contributed by atoms with E-state index in [9.17, 15) is 26.4 Å². The Balaban J connectivity index is 2.60. The van der Waals surface area contributed by atoms with E-state index in [1.54, 1.807) is 0 Å². The van der Waals surface area contributed by atoms with E-state index in [-0.39, 0.29) is 12.2 Å². The highest BCUT2D eigenvalue weighted by atomic mass is 32.2. The van der Waals surface area contributed by atoms with Crippen molar-refractivity contribution < 1.29 is 26.4 Å². The van der Waals surface area contributed by atoms with Gasteiger partial charge in [-0.3, -0.25) is 4.79 Å². The van der Waals surface area contributed by atoms with Crippen LogP contribution in [0, 0.1) is 0 Å². The third-order valence-corrected chi connectivity index (χ3v) is 4.82. The van der Waals surface area contributed by atoms with E-state index in [0.29, 0.717) is 12.8 Å². The van der Waals surface area contributed by atoms with Crippen LogP contribution < -0.4 is 0 Å². The molecule has 3 nitrogen and oxygen atoms in total. The van der Waals surface area contributed by atoms with Gasteiger partial charge >= 0.3 is 6.18 Å². The SMILES string of the molecule is O=C(CCC(F)(F)F)C1CCCCS1(=O)=O. The van der Waals surface area contributed by atoms with Gasteiger partial charge in [0.05, 0.1) is 12.2 Å². The van der Waals surface area contributed by atoms with Crippen molar-refractivity contribution in [2.45, 2.75) is 43.5 Å². The van der Waals surface area contributed by atoms with Crippen LogP contribution in [0.15, 0.2) is 0 Å². The summed E-state index contributed by atoms with van der Waals surface area (Å²) < 4.78 is 58.5. The van der Waals surface area contributed by atoms with Crippen LogP contribution in [0.25, 0.3) is 0 Å². The lowest BCUT2D eigenvalue weighted by molar-refractivity contribution is -0.143. The molecule has 0 aromatic rings. The highest BCUT2D eigenvalue weighted by Crippen LogP contribution is 2.26. The molecule has 0 aromatic carbocycles. The van der Waals surface area contributed by atoms with Crippen LogP contribution in [0.4, 0.5) is 13.2 Å². The fourth-order valence-corrected chi connectivity index (χ4v) is 3.68. The average Bonchev–Trinajstić information content (AvgIpc) is 2.12. The van der Waals surface area contributed by atoms with E-state index in [1.165, 1.54) is 0 Å². The number of Topliss-reactive ketones (excluding diaryl/α,β-unsaturated/α-hetero) is 1. The summed E-state index contributed by atoms with van der Waals surface area (Å²) in [5.41, 5.74) is 0. The standard InChI is InChI=1S/C9H13F3O3S/c10-9(11,12)5-4-7(13)8-3-1-2-6-16(8,14)15/h8H,1-6H2. The minimum atomic E-state index is -4.41. The molecule has 1 heterocycles. The van der Waals surface area contributed by atoms with Gasteiger partial charge in [0, 0.05) is 6.42 Å². The zero-order valence-corrected chi connectivity index (χ0v) is 9.40. The van der Waals surface area contributed by atoms with Gasteiger partial charge < -0.3 is 0 Å². The molecule has 0 spiro atoms. The van der Waals surface area contributed by atoms with Gasteiger partial charge in [0.1, 0.15) is 5.25 Å². The number of alkyl halides is 3. The van der Waals surface area contributed by atoms with Gasteiger partial charge in [-0.25, -0.2) is 8.42 Å². The molecule has 1 aliphatic rings. The number of ketones is 1. The molecule has 7 heteroatoms. The first kappa shape index (κ1) is 13.5. The number of halogens is 3. The zero-order valence-electron chi connectivity index (χ0n) is 8.59. The molecule has 1 saturated heterocycles. The van der Waals surface area contributed by atoms with Gasteiger partial charge in [0.2, 0.25) is 0 Å². The Morgan fingerprint density at radius 1 is 1.25 bits per heavy atom. The van der Waals surface area contributed by atoms with Crippen molar-refractivity contribution in [3.8, 4) is 0 Å². The highest BCUT2D eigenvalue weighted by Gasteiger charge is 2.36. The second-order valence-electron chi connectivity index (χ2n) is 3.93. The monoisotopic (exact) mass is 258 g/mol. The zero-order chi connectivity index (χ0) is 12.4. The smallest absolute Gasteiger partial charge is 0.298 e. The maximum Gasteiger partial charge on any atom is 0.389 e. The molecule has 0 aromatic heterocycles. The van der Waals surface area contributed by atoms with Crippen molar-refractivity contribution in [3.63, 3.8) is 0 Å². The van der Waals surface area contributed by atoms with Crippen LogP contribution in [0.2, 0.25) is 0 Å². The maximum absolute atomic E-state index is 11.9. The second kappa shape index (κ2) is 4.73. The normalized spacial score (nSPS) is 25.3. The molecular formula is C9H13F3O3S. The lowest BCUT2D eigenvalue weighted by atomic mass is 10.1. The van der Waals surface area contributed by atoms with Crippen LogP contribution in [0.1, 0.15) is 32.1 Å². The van der Waals surface area contributed by atoms with E-state index in [1.807, 2.05) is 0 Å². The Hall–Kier alpha value is -0.590. The fourth-order valence-electron chi connectivity index (χ4n) is 1.74. The summed E-state index contributed by atoms with van der Waals surface area (Å²) in [6, 6.07) is 0. The van der Waals surface area contributed by atoms with Gasteiger partial charge in [-0.2, -0.15) is 13.2 Å². The molecule has 0 amide bonds. The van der Waals surface area contributed by atoms with Crippen molar-refractivity contribution >= 4 is 15.6 Å². The second-order valence-corrected chi connectivity index (χ2v) is 6.24. The predicted molar refractivity (Wildman–Crippen MR) is 51.7 cm³/mol. The molecule has 0 N–H and O–H groups in total. The van der Waals surface area contributed by atoms with Crippen LogP contribution in [0.5, 0.6) is 0 Å². The number of sulfone groups is 1. The summed E-state index contributed by atoms with van der Waals surface area (Å²) in [5.74, 6) is -0.882. The summed E-state index contributed by atoms with van der Waals surface area (Å²) in [5, 5.41) is -1.21. The van der Waals surface area contributed by atoms with Gasteiger partial charge in [-0.1, -0.05) is 6.42 Å². The molecule has 16 heavy (non-hydrogen) atoms. The molecule has 1 fully saturated rings. The van der Waals surface area contributed by atoms with Crippen molar-refractivity contribution in [2.75, 3.05) is 5.75 Å². The quantitative estimate of drug-likeness (QED) is 0.776. The molecule has 1 unspecified atom stereocenters. The minimum Gasteiger partial charge on any atom is -0.298 e. The van der Waals surface area contributed by atoms with Crippen molar-refractivity contribution in [2.24, 2.45) is 0 Å². The van der Waals surface area contributed by atoms with E-state index in [4.69, 9.17) is 0 Å². The van der Waals surface area contributed by atoms with Gasteiger partial charge in [-0.15, -0.1) is 0 Å². The number of carbonyl (C=O) groups excluding carboxylic acids is 1. The summed E-state index contributed by atoms with van der Waals surface area (Å²) in [4.78, 5) is 11.4. The summed E-state index contributed by atoms with van der Waals surface area (Å²) in [6.45, 7) is 0. The van der Waals surface area contributed by atoms with Crippen molar-refractivity contribution in [1.82, 2.24) is 0 Å². The Bertz CT molecular complexity index is 359. The third kappa shape index (κ3) is 3.77. The first-order valence-electron chi connectivity index (χ1n) is 5.03. The van der Waals surface area contributed by atoms with Crippen LogP contribution in [-0.2, 0) is 14.6 Å². The van der Waals surface area contributed by atoms with Gasteiger partial charge in [0.25, 0.3) is 0 Å². The Labute approximate surface area is 91.9 Å². The van der Waals surface area contributed by atoms with Crippen LogP contribution in [-0.4, -0.2) is 31.4 Å². The molecule has 1 rings (SSSR count). The van der Waals surface area contributed by atoms with Gasteiger partial charge in [-0.05, 0) is 12.8 Å². The molecular weight excluding hydrogens is 245 g/mol. The molecule has 1 atom stereocenters. The average molecular weight is 258 g/mol.